The molecule has 0 aliphatic heterocycles. The highest BCUT2D eigenvalue weighted by Crippen LogP contribution is 2.15. The Morgan fingerprint density at radius 1 is 1.56 bits per heavy atom. The van der Waals surface area contributed by atoms with Gasteiger partial charge in [-0.15, -0.1) is 0 Å². The van der Waals surface area contributed by atoms with Crippen LogP contribution in [0.1, 0.15) is 6.92 Å². The second-order valence-electron chi connectivity index (χ2n) is 3.20. The van der Waals surface area contributed by atoms with E-state index in [4.69, 9.17) is 4.74 Å². The summed E-state index contributed by atoms with van der Waals surface area (Å²) < 4.78 is 4.99. The van der Waals surface area contributed by atoms with E-state index in [1.54, 1.807) is 13.2 Å². The monoisotopic (exact) mass is 225 g/mol. The minimum atomic E-state index is -0.505. The molecule has 0 bridgehead atoms. The van der Waals surface area contributed by atoms with Gasteiger partial charge in [0.05, 0.1) is 12.3 Å². The van der Waals surface area contributed by atoms with Crippen molar-refractivity contribution in [2.75, 3.05) is 31.7 Å². The molecule has 0 atom stereocenters. The summed E-state index contributed by atoms with van der Waals surface area (Å²) >= 11 is 0. The van der Waals surface area contributed by atoms with Gasteiger partial charge < -0.3 is 19.8 Å². The van der Waals surface area contributed by atoms with Crippen molar-refractivity contribution in [2.24, 2.45) is 0 Å². The van der Waals surface area contributed by atoms with Gasteiger partial charge in [0.2, 0.25) is 0 Å². The maximum absolute atomic E-state index is 10.4. The van der Waals surface area contributed by atoms with Gasteiger partial charge >= 0.3 is 5.82 Å². The van der Waals surface area contributed by atoms with Gasteiger partial charge in [0.25, 0.3) is 0 Å². The summed E-state index contributed by atoms with van der Waals surface area (Å²) in [5.74, 6) is -0.133. The molecule has 0 amide bonds. The molecule has 0 N–H and O–H groups in total. The fraction of sp³-hybridized carbons (Fsp3) is 0.500. The number of hydrogen-bond acceptors (Lipinski definition) is 5. The third-order valence-corrected chi connectivity index (χ3v) is 2.23. The summed E-state index contributed by atoms with van der Waals surface area (Å²) in [5, 5.41) is 10.4. The first-order valence-corrected chi connectivity index (χ1v) is 5.03. The first kappa shape index (κ1) is 12.4. The van der Waals surface area contributed by atoms with E-state index in [2.05, 4.69) is 4.98 Å². The Balaban J connectivity index is 2.74. The zero-order valence-corrected chi connectivity index (χ0v) is 9.42. The van der Waals surface area contributed by atoms with E-state index in [0.29, 0.717) is 6.61 Å². The topological polar surface area (TPSA) is 68.5 Å². The Labute approximate surface area is 94.0 Å². The van der Waals surface area contributed by atoms with Crippen molar-refractivity contribution in [3.8, 4) is 0 Å². The molecule has 6 nitrogen and oxygen atoms in total. The third kappa shape index (κ3) is 3.16. The Hall–Kier alpha value is -1.69. The highest BCUT2D eigenvalue weighted by molar-refractivity contribution is 5.46. The molecule has 0 saturated carbocycles. The second kappa shape index (κ2) is 6.02. The predicted molar refractivity (Wildman–Crippen MR) is 60.7 cm³/mol. The number of likely N-dealkylation sites (N-methyl/N-ethyl adjacent to an activating group) is 1. The summed E-state index contributed by atoms with van der Waals surface area (Å²) in [4.78, 5) is 15.7. The Morgan fingerprint density at radius 2 is 2.31 bits per heavy atom. The number of rotatable bonds is 6. The summed E-state index contributed by atoms with van der Waals surface area (Å²) in [7, 11) is 1.64. The smallest absolute Gasteiger partial charge is 0.363 e. The Kier molecular flexibility index (Phi) is 4.65. The molecule has 0 unspecified atom stereocenters. The van der Waals surface area contributed by atoms with Crippen LogP contribution in [-0.2, 0) is 4.74 Å². The maximum Gasteiger partial charge on any atom is 0.363 e. The number of anilines is 1. The number of nitrogens with zero attached hydrogens (tertiary/aromatic N) is 3. The molecular weight excluding hydrogens is 210 g/mol. The van der Waals surface area contributed by atoms with Gasteiger partial charge in [0, 0.05) is 26.3 Å². The fourth-order valence-electron chi connectivity index (χ4n) is 1.34. The molecule has 0 aliphatic rings. The lowest BCUT2D eigenvalue weighted by Crippen LogP contribution is -2.26. The van der Waals surface area contributed by atoms with Crippen LogP contribution in [0.4, 0.5) is 11.5 Å². The van der Waals surface area contributed by atoms with Crippen molar-refractivity contribution >= 4 is 11.5 Å². The molecule has 1 rings (SSSR count). The van der Waals surface area contributed by atoms with E-state index in [1.165, 1.54) is 12.3 Å². The van der Waals surface area contributed by atoms with Gasteiger partial charge in [-0.3, -0.25) is 0 Å². The maximum atomic E-state index is 10.4. The molecule has 1 aromatic rings. The zero-order chi connectivity index (χ0) is 12.0. The van der Waals surface area contributed by atoms with Gasteiger partial charge in [0.1, 0.15) is 0 Å². The molecular formula is C10H15N3O3. The van der Waals surface area contributed by atoms with Crippen LogP contribution in [-0.4, -0.2) is 36.7 Å². The number of nitro groups is 1. The summed E-state index contributed by atoms with van der Waals surface area (Å²) in [6.45, 7) is 4.18. The minimum absolute atomic E-state index is 0.133. The molecule has 88 valence electrons. The first-order valence-electron chi connectivity index (χ1n) is 5.03. The fourth-order valence-corrected chi connectivity index (χ4v) is 1.34. The van der Waals surface area contributed by atoms with E-state index in [0.717, 1.165) is 18.8 Å². The van der Waals surface area contributed by atoms with Gasteiger partial charge in [-0.05, 0) is 22.9 Å². The first-order chi connectivity index (χ1) is 7.69. The molecule has 0 fully saturated rings. The normalized spacial score (nSPS) is 10.1. The third-order valence-electron chi connectivity index (χ3n) is 2.23. The number of hydrogen-bond donors (Lipinski definition) is 0. The minimum Gasteiger partial charge on any atom is -0.383 e. The molecule has 1 heterocycles. The lowest BCUT2D eigenvalue weighted by Gasteiger charge is -2.20. The van der Waals surface area contributed by atoms with Crippen molar-refractivity contribution in [1.29, 1.82) is 0 Å². The molecule has 0 radical (unpaired) electrons. The summed E-state index contributed by atoms with van der Waals surface area (Å²) in [6.07, 6.45) is 1.51. The van der Waals surface area contributed by atoms with Crippen molar-refractivity contribution in [2.45, 2.75) is 6.92 Å². The van der Waals surface area contributed by atoms with Crippen LogP contribution in [0.5, 0.6) is 0 Å². The van der Waals surface area contributed by atoms with E-state index >= 15 is 0 Å². The molecule has 6 heteroatoms. The summed E-state index contributed by atoms with van der Waals surface area (Å²) in [5.41, 5.74) is 0.866. The van der Waals surface area contributed by atoms with Gasteiger partial charge in [-0.25, -0.2) is 0 Å². The highest BCUT2D eigenvalue weighted by Gasteiger charge is 2.10. The van der Waals surface area contributed by atoms with Crippen LogP contribution in [0, 0.1) is 10.1 Å². The van der Waals surface area contributed by atoms with Crippen molar-refractivity contribution in [1.82, 2.24) is 4.98 Å². The Morgan fingerprint density at radius 3 is 2.75 bits per heavy atom. The van der Waals surface area contributed by atoms with Crippen LogP contribution < -0.4 is 4.90 Å². The molecule has 0 aliphatic carbocycles. The van der Waals surface area contributed by atoms with E-state index in [1.807, 2.05) is 11.8 Å². The predicted octanol–water partition coefficient (Wildman–Crippen LogP) is 1.46. The van der Waals surface area contributed by atoms with E-state index in [9.17, 15) is 10.1 Å². The summed E-state index contributed by atoms with van der Waals surface area (Å²) in [6, 6.07) is 3.11. The van der Waals surface area contributed by atoms with Crippen LogP contribution >= 0.6 is 0 Å². The quantitative estimate of drug-likeness (QED) is 0.541. The van der Waals surface area contributed by atoms with E-state index in [-0.39, 0.29) is 5.82 Å². The molecule has 16 heavy (non-hydrogen) atoms. The van der Waals surface area contributed by atoms with Crippen molar-refractivity contribution < 1.29 is 9.66 Å². The molecule has 1 aromatic heterocycles. The lowest BCUT2D eigenvalue weighted by atomic mass is 10.3. The number of methoxy groups -OCH3 is 1. The van der Waals surface area contributed by atoms with Crippen molar-refractivity contribution in [3.05, 3.63) is 28.4 Å². The lowest BCUT2D eigenvalue weighted by molar-refractivity contribution is -0.389. The molecule has 0 spiro atoms. The van der Waals surface area contributed by atoms with Gasteiger partial charge in [-0.2, -0.15) is 0 Å². The SMILES string of the molecule is CCN(CCOC)c1ccc([N+](=O)[O-])nc1. The highest BCUT2D eigenvalue weighted by atomic mass is 16.6. The number of pyridine rings is 1. The van der Waals surface area contributed by atoms with Gasteiger partial charge in [0.15, 0.2) is 6.20 Å². The Bertz CT molecular complexity index is 340. The van der Waals surface area contributed by atoms with Crippen LogP contribution in [0.2, 0.25) is 0 Å². The zero-order valence-electron chi connectivity index (χ0n) is 9.42. The standard InChI is InChI=1S/C10H15N3O3/c1-3-12(6-7-16-2)9-4-5-10(11-8-9)13(14)15/h4-5,8H,3,6-7H2,1-2H3. The average molecular weight is 225 g/mol. The molecule has 0 aromatic carbocycles. The number of ether oxygens (including phenoxy) is 1. The molecule has 0 saturated heterocycles. The average Bonchev–Trinajstić information content (AvgIpc) is 2.30. The number of aromatic nitrogens is 1. The van der Waals surface area contributed by atoms with E-state index < -0.39 is 4.92 Å². The van der Waals surface area contributed by atoms with Crippen molar-refractivity contribution in [3.63, 3.8) is 0 Å². The second-order valence-corrected chi connectivity index (χ2v) is 3.20. The van der Waals surface area contributed by atoms with Gasteiger partial charge in [-0.1, -0.05) is 0 Å². The van der Waals surface area contributed by atoms with Crippen LogP contribution in [0.15, 0.2) is 18.3 Å². The van der Waals surface area contributed by atoms with Crippen LogP contribution in [0.25, 0.3) is 0 Å². The largest absolute Gasteiger partial charge is 0.383 e. The van der Waals surface area contributed by atoms with Crippen LogP contribution in [0.3, 0.4) is 0 Å².